The van der Waals surface area contributed by atoms with E-state index >= 15 is 0 Å². The van der Waals surface area contributed by atoms with Gasteiger partial charge in [0.2, 0.25) is 0 Å². The van der Waals surface area contributed by atoms with Crippen molar-refractivity contribution in [3.8, 4) is 0 Å². The first-order valence-corrected chi connectivity index (χ1v) is 2.60. The summed E-state index contributed by atoms with van der Waals surface area (Å²) in [5.41, 5.74) is 0. The number of rotatable bonds is 3. The summed E-state index contributed by atoms with van der Waals surface area (Å²) >= 11 is 0. The maximum absolute atomic E-state index is 10.1. The van der Waals surface area contributed by atoms with Crippen LogP contribution in [0, 0.1) is 5.92 Å². The molecule has 3 heteroatoms. The molecule has 0 saturated heterocycles. The number of aliphatic carboxylic acids is 1. The lowest BCUT2D eigenvalue weighted by atomic mass is 10.2. The van der Waals surface area contributed by atoms with Crippen molar-refractivity contribution in [2.45, 2.75) is 6.92 Å². The highest BCUT2D eigenvalue weighted by Crippen LogP contribution is 1.95. The zero-order chi connectivity index (χ0) is 7.28. The molecule has 0 saturated carbocycles. The minimum Gasteiger partial charge on any atom is -0.505 e. The Kier molecular flexibility index (Phi) is 3.51. The topological polar surface area (TPSA) is 46.5 Å². The fraction of sp³-hybridized carbons (Fsp3) is 0.500. The fourth-order valence-corrected chi connectivity index (χ4v) is 0.279. The number of carboxylic acids is 1. The second kappa shape index (κ2) is 3.95. The average molecular weight is 130 g/mol. The molecule has 0 aromatic carbocycles. The van der Waals surface area contributed by atoms with Crippen molar-refractivity contribution in [1.29, 1.82) is 0 Å². The van der Waals surface area contributed by atoms with Gasteiger partial charge in [-0.2, -0.15) is 0 Å². The quantitative estimate of drug-likeness (QED) is 0.576. The summed E-state index contributed by atoms with van der Waals surface area (Å²) in [5, 5.41) is 8.30. The van der Waals surface area contributed by atoms with Crippen LogP contribution in [0.25, 0.3) is 0 Å². The third-order valence-corrected chi connectivity index (χ3v) is 0.893. The van der Waals surface area contributed by atoms with Gasteiger partial charge in [0.1, 0.15) is 0 Å². The molecule has 9 heavy (non-hydrogen) atoms. The average Bonchev–Trinajstić information content (AvgIpc) is 1.82. The number of methoxy groups -OCH3 is 1. The van der Waals surface area contributed by atoms with Gasteiger partial charge in [-0.15, -0.1) is 0 Å². The van der Waals surface area contributed by atoms with E-state index in [0.717, 1.165) is 0 Å². The predicted molar refractivity (Wildman–Crippen MR) is 32.9 cm³/mol. The van der Waals surface area contributed by atoms with E-state index in [-0.39, 0.29) is 0 Å². The maximum Gasteiger partial charge on any atom is 0.310 e. The highest BCUT2D eigenvalue weighted by molar-refractivity contribution is 5.71. The van der Waals surface area contributed by atoms with Crippen molar-refractivity contribution < 1.29 is 14.6 Å². The van der Waals surface area contributed by atoms with E-state index in [9.17, 15) is 4.79 Å². The molecule has 3 nitrogen and oxygen atoms in total. The molecule has 0 fully saturated rings. The molecule has 0 aliphatic heterocycles. The van der Waals surface area contributed by atoms with Crippen LogP contribution in [0.2, 0.25) is 0 Å². The molecule has 0 bridgehead atoms. The minimum atomic E-state index is -0.844. The van der Waals surface area contributed by atoms with E-state index in [4.69, 9.17) is 5.11 Å². The molecule has 1 N–H and O–H groups in total. The third-order valence-electron chi connectivity index (χ3n) is 0.893. The molecule has 0 heterocycles. The summed E-state index contributed by atoms with van der Waals surface area (Å²) < 4.78 is 4.52. The Morgan fingerprint density at radius 2 is 2.33 bits per heavy atom. The molecule has 0 aromatic heterocycles. The van der Waals surface area contributed by atoms with Crippen molar-refractivity contribution in [1.82, 2.24) is 0 Å². The fourth-order valence-electron chi connectivity index (χ4n) is 0.279. The van der Waals surface area contributed by atoms with E-state index in [0.29, 0.717) is 0 Å². The third kappa shape index (κ3) is 3.58. The van der Waals surface area contributed by atoms with Gasteiger partial charge in [-0.05, 0) is 13.0 Å². The van der Waals surface area contributed by atoms with Gasteiger partial charge in [0, 0.05) is 0 Å². The Morgan fingerprint density at radius 3 is 2.67 bits per heavy atom. The smallest absolute Gasteiger partial charge is 0.310 e. The summed E-state index contributed by atoms with van der Waals surface area (Å²) in [6, 6.07) is 0. The van der Waals surface area contributed by atoms with Crippen LogP contribution in [-0.4, -0.2) is 18.2 Å². The van der Waals surface area contributed by atoms with Crippen LogP contribution in [0.3, 0.4) is 0 Å². The van der Waals surface area contributed by atoms with Crippen molar-refractivity contribution in [3.05, 3.63) is 12.3 Å². The lowest BCUT2D eigenvalue weighted by Crippen LogP contribution is -2.05. The van der Waals surface area contributed by atoms with Gasteiger partial charge in [-0.3, -0.25) is 4.79 Å². The van der Waals surface area contributed by atoms with Crippen LogP contribution in [0.15, 0.2) is 12.3 Å². The zero-order valence-electron chi connectivity index (χ0n) is 5.50. The summed E-state index contributed by atoms with van der Waals surface area (Å²) in [4.78, 5) is 10.1. The van der Waals surface area contributed by atoms with Gasteiger partial charge < -0.3 is 9.84 Å². The Morgan fingerprint density at radius 1 is 1.78 bits per heavy atom. The number of carbonyl (C=O) groups is 1. The second-order valence-corrected chi connectivity index (χ2v) is 1.69. The molecule has 1 atom stereocenters. The van der Waals surface area contributed by atoms with Gasteiger partial charge in [0.05, 0.1) is 19.3 Å². The number of hydrogen-bond acceptors (Lipinski definition) is 2. The van der Waals surface area contributed by atoms with Crippen LogP contribution in [0.5, 0.6) is 0 Å². The molecule has 0 spiro atoms. The molecular formula is C6H10O3. The molecule has 0 radical (unpaired) electrons. The normalized spacial score (nSPS) is 13.6. The summed E-state index contributed by atoms with van der Waals surface area (Å²) in [7, 11) is 1.48. The highest BCUT2D eigenvalue weighted by Gasteiger charge is 2.04. The van der Waals surface area contributed by atoms with Gasteiger partial charge >= 0.3 is 5.97 Å². The van der Waals surface area contributed by atoms with Gasteiger partial charge in [0.25, 0.3) is 0 Å². The summed E-state index contributed by atoms with van der Waals surface area (Å²) in [6.07, 6.45) is 2.83. The first kappa shape index (κ1) is 8.01. The Hall–Kier alpha value is -0.990. The van der Waals surface area contributed by atoms with Crippen LogP contribution in [0.1, 0.15) is 6.92 Å². The molecule has 0 aliphatic carbocycles. The first-order chi connectivity index (χ1) is 4.18. The van der Waals surface area contributed by atoms with Crippen molar-refractivity contribution in [2.75, 3.05) is 7.11 Å². The van der Waals surface area contributed by atoms with E-state index < -0.39 is 11.9 Å². The molecule has 0 amide bonds. The molecule has 0 rings (SSSR count). The van der Waals surface area contributed by atoms with E-state index in [2.05, 4.69) is 4.74 Å². The molecule has 0 aromatic rings. The van der Waals surface area contributed by atoms with Crippen molar-refractivity contribution >= 4 is 5.97 Å². The SMILES string of the molecule is CO/C=C/C(C)C(=O)O. The number of carboxylic acid groups (broad SMARTS) is 1. The molecule has 52 valence electrons. The zero-order valence-corrected chi connectivity index (χ0v) is 5.50. The summed E-state index contributed by atoms with van der Waals surface area (Å²) in [6.45, 7) is 1.58. The van der Waals surface area contributed by atoms with E-state index in [1.54, 1.807) is 6.92 Å². The van der Waals surface area contributed by atoms with Gasteiger partial charge in [-0.25, -0.2) is 0 Å². The van der Waals surface area contributed by atoms with Crippen LogP contribution < -0.4 is 0 Å². The lowest BCUT2D eigenvalue weighted by molar-refractivity contribution is -0.139. The number of hydrogen-bond donors (Lipinski definition) is 1. The largest absolute Gasteiger partial charge is 0.505 e. The second-order valence-electron chi connectivity index (χ2n) is 1.69. The van der Waals surface area contributed by atoms with Crippen LogP contribution >= 0.6 is 0 Å². The van der Waals surface area contributed by atoms with Crippen molar-refractivity contribution in [2.24, 2.45) is 5.92 Å². The highest BCUT2D eigenvalue weighted by atomic mass is 16.5. The van der Waals surface area contributed by atoms with Gasteiger partial charge in [-0.1, -0.05) is 0 Å². The van der Waals surface area contributed by atoms with Gasteiger partial charge in [0.15, 0.2) is 0 Å². The molecular weight excluding hydrogens is 120 g/mol. The monoisotopic (exact) mass is 130 g/mol. The Balaban J connectivity index is 3.62. The van der Waals surface area contributed by atoms with Crippen molar-refractivity contribution in [3.63, 3.8) is 0 Å². The Bertz CT molecular complexity index is 117. The van der Waals surface area contributed by atoms with E-state index in [1.165, 1.54) is 19.4 Å². The van der Waals surface area contributed by atoms with E-state index in [1.807, 2.05) is 0 Å². The predicted octanol–water partition coefficient (Wildman–Crippen LogP) is 0.867. The van der Waals surface area contributed by atoms with Crippen LogP contribution in [-0.2, 0) is 9.53 Å². The Labute approximate surface area is 53.9 Å². The number of ether oxygens (including phenoxy) is 1. The lowest BCUT2D eigenvalue weighted by Gasteiger charge is -1.95. The standard InChI is InChI=1S/C6H10O3/c1-5(6(7)8)3-4-9-2/h3-5H,1-2H3,(H,7,8)/b4-3+. The molecule has 0 aliphatic rings. The summed E-state index contributed by atoms with van der Waals surface area (Å²) in [5.74, 6) is -1.31. The van der Waals surface area contributed by atoms with Crippen LogP contribution in [0.4, 0.5) is 0 Å². The first-order valence-electron chi connectivity index (χ1n) is 2.60. The molecule has 1 unspecified atom stereocenters. The minimum absolute atomic E-state index is 0.468. The maximum atomic E-state index is 10.1.